The summed E-state index contributed by atoms with van der Waals surface area (Å²) in [5.74, 6) is 0.577. The Balaban J connectivity index is 1.74. The summed E-state index contributed by atoms with van der Waals surface area (Å²) in [5.41, 5.74) is 0. The van der Waals surface area contributed by atoms with Crippen LogP contribution in [0.4, 0.5) is 0 Å². The molecule has 7 heteroatoms. The van der Waals surface area contributed by atoms with Gasteiger partial charge in [-0.3, -0.25) is 4.79 Å². The highest BCUT2D eigenvalue weighted by Gasteiger charge is 2.07. The molecular weight excluding hydrogens is 382 g/mol. The van der Waals surface area contributed by atoms with Gasteiger partial charge in [0.2, 0.25) is 0 Å². The molecule has 0 bridgehead atoms. The predicted octanol–water partition coefficient (Wildman–Crippen LogP) is 6.06. The minimum absolute atomic E-state index is 0.210. The van der Waals surface area contributed by atoms with Crippen LogP contribution in [0.15, 0.2) is 36.4 Å². The van der Waals surface area contributed by atoms with E-state index >= 15 is 0 Å². The van der Waals surface area contributed by atoms with Crippen molar-refractivity contribution in [3.63, 3.8) is 0 Å². The number of esters is 1. The van der Waals surface area contributed by atoms with Crippen LogP contribution < -0.4 is 9.47 Å². The Kier molecular flexibility index (Phi) is 6.85. The fraction of sp³-hybridized carbons (Fsp3) is 0.188. The number of hydrogen-bond donors (Lipinski definition) is 0. The first-order valence-electron chi connectivity index (χ1n) is 6.69. The van der Waals surface area contributed by atoms with Crippen LogP contribution in [-0.2, 0) is 4.79 Å². The molecule has 3 nitrogen and oxygen atoms in total. The summed E-state index contributed by atoms with van der Waals surface area (Å²) < 4.78 is 10.6. The maximum absolute atomic E-state index is 11.7. The van der Waals surface area contributed by atoms with Gasteiger partial charge in [-0.1, -0.05) is 46.4 Å². The Morgan fingerprint density at radius 1 is 0.826 bits per heavy atom. The lowest BCUT2D eigenvalue weighted by molar-refractivity contribution is -0.134. The Hall–Kier alpha value is -1.13. The molecule has 0 unspecified atom stereocenters. The van der Waals surface area contributed by atoms with E-state index in [-0.39, 0.29) is 12.4 Å². The zero-order chi connectivity index (χ0) is 16.8. The number of benzene rings is 2. The molecule has 0 amide bonds. The molecule has 0 heterocycles. The SMILES string of the molecule is O=C(CCCOc1ccc(Cl)c(Cl)c1)Oc1ccc(Cl)c(Cl)c1. The van der Waals surface area contributed by atoms with Gasteiger partial charge < -0.3 is 9.47 Å². The molecule has 0 saturated heterocycles. The molecule has 0 aromatic heterocycles. The molecule has 0 aliphatic heterocycles. The van der Waals surface area contributed by atoms with Crippen LogP contribution in [-0.4, -0.2) is 12.6 Å². The molecule has 0 aliphatic carbocycles. The van der Waals surface area contributed by atoms with E-state index in [1.165, 1.54) is 6.07 Å². The lowest BCUT2D eigenvalue weighted by Gasteiger charge is -2.08. The lowest BCUT2D eigenvalue weighted by atomic mass is 10.3. The molecule has 0 aliphatic rings. The first kappa shape index (κ1) is 18.2. The van der Waals surface area contributed by atoms with Gasteiger partial charge in [-0.05, 0) is 30.7 Å². The second-order valence-electron chi connectivity index (χ2n) is 4.58. The van der Waals surface area contributed by atoms with Crippen molar-refractivity contribution in [3.05, 3.63) is 56.5 Å². The van der Waals surface area contributed by atoms with Crippen LogP contribution in [0.25, 0.3) is 0 Å². The number of ether oxygens (including phenoxy) is 2. The molecule has 0 atom stereocenters. The Morgan fingerprint density at radius 2 is 1.39 bits per heavy atom. The zero-order valence-corrected chi connectivity index (χ0v) is 14.8. The summed E-state index contributed by atoms with van der Waals surface area (Å²) in [5, 5.41) is 1.62. The number of halogens is 4. The average Bonchev–Trinajstić information content (AvgIpc) is 2.51. The maximum Gasteiger partial charge on any atom is 0.311 e. The molecule has 2 rings (SSSR count). The first-order chi connectivity index (χ1) is 11.0. The van der Waals surface area contributed by atoms with Crippen LogP contribution in [0.2, 0.25) is 20.1 Å². The van der Waals surface area contributed by atoms with E-state index in [9.17, 15) is 4.79 Å². The molecular formula is C16H12Cl4O3. The van der Waals surface area contributed by atoms with E-state index in [0.717, 1.165) is 0 Å². The number of carbonyl (C=O) groups is 1. The van der Waals surface area contributed by atoms with E-state index in [0.29, 0.717) is 44.6 Å². The quantitative estimate of drug-likeness (QED) is 0.339. The second-order valence-corrected chi connectivity index (χ2v) is 6.21. The van der Waals surface area contributed by atoms with Crippen molar-refractivity contribution in [2.45, 2.75) is 12.8 Å². The summed E-state index contributed by atoms with van der Waals surface area (Å²) in [6.45, 7) is 0.356. The van der Waals surface area contributed by atoms with Crippen LogP contribution in [0.5, 0.6) is 11.5 Å². The van der Waals surface area contributed by atoms with Crippen molar-refractivity contribution in [1.82, 2.24) is 0 Å². The number of hydrogen-bond acceptors (Lipinski definition) is 3. The predicted molar refractivity (Wildman–Crippen MR) is 93.3 cm³/mol. The van der Waals surface area contributed by atoms with Gasteiger partial charge in [-0.25, -0.2) is 0 Å². The van der Waals surface area contributed by atoms with Crippen molar-refractivity contribution in [2.24, 2.45) is 0 Å². The molecule has 122 valence electrons. The topological polar surface area (TPSA) is 35.5 Å². The molecule has 0 N–H and O–H groups in total. The van der Waals surface area contributed by atoms with Crippen molar-refractivity contribution >= 4 is 52.4 Å². The van der Waals surface area contributed by atoms with Crippen molar-refractivity contribution in [2.75, 3.05) is 6.61 Å². The van der Waals surface area contributed by atoms with Gasteiger partial charge in [0.1, 0.15) is 11.5 Å². The van der Waals surface area contributed by atoms with Crippen molar-refractivity contribution in [3.8, 4) is 11.5 Å². The van der Waals surface area contributed by atoms with Crippen LogP contribution in [0.3, 0.4) is 0 Å². The minimum Gasteiger partial charge on any atom is -0.494 e. The van der Waals surface area contributed by atoms with Gasteiger partial charge >= 0.3 is 5.97 Å². The fourth-order valence-electron chi connectivity index (χ4n) is 1.70. The summed E-state index contributed by atoms with van der Waals surface area (Å²) in [7, 11) is 0. The third kappa shape index (κ3) is 5.78. The highest BCUT2D eigenvalue weighted by molar-refractivity contribution is 6.42. The standard InChI is InChI=1S/C16H12Cl4O3/c17-12-5-3-10(8-14(12)19)22-7-1-2-16(21)23-11-4-6-13(18)15(20)9-11/h3-6,8-9H,1-2,7H2. The second kappa shape index (κ2) is 8.65. The smallest absolute Gasteiger partial charge is 0.311 e. The molecule has 0 spiro atoms. The van der Waals surface area contributed by atoms with Gasteiger partial charge in [0.25, 0.3) is 0 Å². The van der Waals surface area contributed by atoms with Gasteiger partial charge in [-0.15, -0.1) is 0 Å². The van der Waals surface area contributed by atoms with Crippen LogP contribution in [0, 0.1) is 0 Å². The molecule has 2 aromatic rings. The Morgan fingerprint density at radius 3 is 2.00 bits per heavy atom. The molecule has 23 heavy (non-hydrogen) atoms. The normalized spacial score (nSPS) is 10.4. The summed E-state index contributed by atoms with van der Waals surface area (Å²) in [4.78, 5) is 11.7. The Bertz CT molecular complexity index is 704. The monoisotopic (exact) mass is 392 g/mol. The lowest BCUT2D eigenvalue weighted by Crippen LogP contribution is -2.10. The minimum atomic E-state index is -0.374. The number of rotatable bonds is 6. The Labute approximate surface area is 154 Å². The van der Waals surface area contributed by atoms with E-state index in [2.05, 4.69) is 0 Å². The maximum atomic E-state index is 11.7. The molecule has 0 fully saturated rings. The van der Waals surface area contributed by atoms with Gasteiger partial charge in [0.15, 0.2) is 0 Å². The molecule has 0 radical (unpaired) electrons. The van der Waals surface area contributed by atoms with E-state index in [1.807, 2.05) is 0 Å². The van der Waals surface area contributed by atoms with E-state index in [4.69, 9.17) is 55.9 Å². The van der Waals surface area contributed by atoms with Gasteiger partial charge in [-0.2, -0.15) is 0 Å². The van der Waals surface area contributed by atoms with Crippen molar-refractivity contribution < 1.29 is 14.3 Å². The van der Waals surface area contributed by atoms with E-state index < -0.39 is 0 Å². The van der Waals surface area contributed by atoms with Crippen molar-refractivity contribution in [1.29, 1.82) is 0 Å². The first-order valence-corrected chi connectivity index (χ1v) is 8.20. The third-order valence-electron chi connectivity index (χ3n) is 2.81. The molecule has 2 aromatic carbocycles. The van der Waals surface area contributed by atoms with Crippen LogP contribution in [0.1, 0.15) is 12.8 Å². The highest BCUT2D eigenvalue weighted by Crippen LogP contribution is 2.27. The van der Waals surface area contributed by atoms with Gasteiger partial charge in [0.05, 0.1) is 26.7 Å². The fourth-order valence-corrected chi connectivity index (χ4v) is 2.27. The summed E-state index contributed by atoms with van der Waals surface area (Å²) in [6.07, 6.45) is 0.710. The number of carbonyl (C=O) groups excluding carboxylic acids is 1. The summed E-state index contributed by atoms with van der Waals surface area (Å²) in [6, 6.07) is 9.63. The molecule has 0 saturated carbocycles. The zero-order valence-electron chi connectivity index (χ0n) is 11.8. The highest BCUT2D eigenvalue weighted by atomic mass is 35.5. The van der Waals surface area contributed by atoms with E-state index in [1.54, 1.807) is 30.3 Å². The van der Waals surface area contributed by atoms with Gasteiger partial charge in [0, 0.05) is 18.6 Å². The van der Waals surface area contributed by atoms with Crippen LogP contribution >= 0.6 is 46.4 Å². The third-order valence-corrected chi connectivity index (χ3v) is 4.29. The summed E-state index contributed by atoms with van der Waals surface area (Å²) >= 11 is 23.3. The average molecular weight is 394 g/mol. The largest absolute Gasteiger partial charge is 0.494 e.